The molecule has 0 spiro atoms. The molecule has 0 fully saturated rings. The van der Waals surface area contributed by atoms with Crippen molar-refractivity contribution in [1.82, 2.24) is 4.98 Å². The number of pyridine rings is 1. The molecule has 0 bridgehead atoms. The number of rotatable bonds is 1. The van der Waals surface area contributed by atoms with Crippen LogP contribution in [-0.4, -0.2) is 16.8 Å². The van der Waals surface area contributed by atoms with Gasteiger partial charge in [-0.2, -0.15) is 0 Å². The standard InChI is InChI=1S/C18H10Cl2N2O2/c1-9-15-16(11-4-2-3-5-13(11)21-9)18(24)22(17(15)23)14-7-6-10(19)8-12(14)20/h2-8H,1H3. The zero-order valence-corrected chi connectivity index (χ0v) is 14.0. The smallest absolute Gasteiger partial charge is 0.268 e. The fourth-order valence-electron chi connectivity index (χ4n) is 3.02. The molecule has 1 aliphatic rings. The number of nitrogens with zero attached hydrogens (tertiary/aromatic N) is 2. The number of carbonyl (C=O) groups excluding carboxylic acids is 2. The zero-order chi connectivity index (χ0) is 17.0. The number of halogens is 2. The van der Waals surface area contributed by atoms with Crippen molar-refractivity contribution in [2.45, 2.75) is 6.92 Å². The second kappa shape index (κ2) is 5.30. The van der Waals surface area contributed by atoms with E-state index in [0.717, 1.165) is 4.90 Å². The minimum absolute atomic E-state index is 0.243. The van der Waals surface area contributed by atoms with Gasteiger partial charge in [-0.05, 0) is 31.2 Å². The molecule has 0 N–H and O–H groups in total. The van der Waals surface area contributed by atoms with Crippen molar-refractivity contribution in [1.29, 1.82) is 0 Å². The molecule has 0 unspecified atom stereocenters. The van der Waals surface area contributed by atoms with Crippen molar-refractivity contribution in [3.05, 3.63) is 69.3 Å². The highest BCUT2D eigenvalue weighted by atomic mass is 35.5. The summed E-state index contributed by atoms with van der Waals surface area (Å²) >= 11 is 12.1. The molecule has 2 amide bonds. The highest BCUT2D eigenvalue weighted by Crippen LogP contribution is 2.37. The predicted molar refractivity (Wildman–Crippen MR) is 94.1 cm³/mol. The molecule has 2 heterocycles. The summed E-state index contributed by atoms with van der Waals surface area (Å²) in [5, 5.41) is 1.33. The molecule has 2 aromatic carbocycles. The van der Waals surface area contributed by atoms with Crippen LogP contribution in [0, 0.1) is 6.92 Å². The second-order valence-corrected chi connectivity index (χ2v) is 6.35. The molecule has 24 heavy (non-hydrogen) atoms. The Bertz CT molecular complexity index is 1050. The molecule has 4 rings (SSSR count). The van der Waals surface area contributed by atoms with E-state index in [1.165, 1.54) is 6.07 Å². The van der Waals surface area contributed by atoms with Crippen molar-refractivity contribution in [2.75, 3.05) is 4.90 Å². The van der Waals surface area contributed by atoms with Crippen LogP contribution in [0.25, 0.3) is 10.9 Å². The summed E-state index contributed by atoms with van der Waals surface area (Å²) < 4.78 is 0. The highest BCUT2D eigenvalue weighted by molar-refractivity contribution is 6.42. The molecule has 0 atom stereocenters. The van der Waals surface area contributed by atoms with E-state index in [4.69, 9.17) is 23.2 Å². The lowest BCUT2D eigenvalue weighted by Crippen LogP contribution is -2.29. The fraction of sp³-hybridized carbons (Fsp3) is 0.0556. The number of hydrogen-bond acceptors (Lipinski definition) is 3. The lowest BCUT2D eigenvalue weighted by atomic mass is 10.0. The molecular weight excluding hydrogens is 347 g/mol. The maximum atomic E-state index is 13.0. The maximum Gasteiger partial charge on any atom is 0.268 e. The largest absolute Gasteiger partial charge is 0.268 e. The van der Waals surface area contributed by atoms with Crippen molar-refractivity contribution in [2.24, 2.45) is 0 Å². The molecule has 1 aromatic heterocycles. The van der Waals surface area contributed by atoms with Gasteiger partial charge in [-0.3, -0.25) is 14.6 Å². The first-order valence-corrected chi connectivity index (χ1v) is 7.98. The first-order valence-electron chi connectivity index (χ1n) is 7.22. The number of aromatic nitrogens is 1. The number of anilines is 1. The summed E-state index contributed by atoms with van der Waals surface area (Å²) in [6, 6.07) is 11.9. The van der Waals surface area contributed by atoms with E-state index in [2.05, 4.69) is 4.98 Å². The van der Waals surface area contributed by atoms with Crippen molar-refractivity contribution in [3.8, 4) is 0 Å². The third-order valence-corrected chi connectivity index (χ3v) is 4.60. The maximum absolute atomic E-state index is 13.0. The van der Waals surface area contributed by atoms with E-state index in [1.807, 2.05) is 18.2 Å². The number of imide groups is 1. The van der Waals surface area contributed by atoms with Gasteiger partial charge in [0.25, 0.3) is 11.8 Å². The first-order chi connectivity index (χ1) is 11.5. The SMILES string of the molecule is Cc1nc2ccccc2c2c1C(=O)N(c1ccc(Cl)cc1Cl)C2=O. The molecule has 0 saturated heterocycles. The predicted octanol–water partition coefficient (Wildman–Crippen LogP) is 4.65. The Morgan fingerprint density at radius 2 is 1.67 bits per heavy atom. The molecule has 0 saturated carbocycles. The molecule has 4 nitrogen and oxygen atoms in total. The van der Waals surface area contributed by atoms with Gasteiger partial charge in [0.2, 0.25) is 0 Å². The van der Waals surface area contributed by atoms with E-state index in [9.17, 15) is 9.59 Å². The minimum Gasteiger partial charge on any atom is -0.268 e. The van der Waals surface area contributed by atoms with Crippen LogP contribution < -0.4 is 4.90 Å². The number of aryl methyl sites for hydroxylation is 1. The van der Waals surface area contributed by atoms with Crippen LogP contribution in [0.3, 0.4) is 0 Å². The number of carbonyl (C=O) groups is 2. The molecule has 0 radical (unpaired) electrons. The Hall–Kier alpha value is -2.43. The van der Waals surface area contributed by atoms with Crippen LogP contribution >= 0.6 is 23.2 Å². The summed E-state index contributed by atoms with van der Waals surface area (Å²) in [7, 11) is 0. The van der Waals surface area contributed by atoms with Crippen molar-refractivity contribution < 1.29 is 9.59 Å². The van der Waals surface area contributed by atoms with Crippen molar-refractivity contribution >= 4 is 51.6 Å². The van der Waals surface area contributed by atoms with Crippen LogP contribution in [0.15, 0.2) is 42.5 Å². The third-order valence-electron chi connectivity index (χ3n) is 4.06. The van der Waals surface area contributed by atoms with E-state index >= 15 is 0 Å². The van der Waals surface area contributed by atoms with Gasteiger partial charge in [0, 0.05) is 10.4 Å². The van der Waals surface area contributed by atoms with Gasteiger partial charge < -0.3 is 0 Å². The molecule has 6 heteroatoms. The summed E-state index contributed by atoms with van der Waals surface area (Å²) in [5.74, 6) is -0.823. The van der Waals surface area contributed by atoms with Gasteiger partial charge in [-0.15, -0.1) is 0 Å². The summed E-state index contributed by atoms with van der Waals surface area (Å²) in [4.78, 5) is 31.4. The van der Waals surface area contributed by atoms with Gasteiger partial charge in [0.05, 0.1) is 33.0 Å². The number of benzene rings is 2. The van der Waals surface area contributed by atoms with Gasteiger partial charge >= 0.3 is 0 Å². The van der Waals surface area contributed by atoms with Crippen LogP contribution in [0.1, 0.15) is 26.4 Å². The van der Waals surface area contributed by atoms with Gasteiger partial charge in [-0.25, -0.2) is 4.90 Å². The summed E-state index contributed by atoms with van der Waals surface area (Å²) in [5.41, 5.74) is 2.21. The van der Waals surface area contributed by atoms with E-state index in [1.54, 1.807) is 25.1 Å². The molecule has 0 aliphatic carbocycles. The first kappa shape index (κ1) is 15.1. The van der Waals surface area contributed by atoms with Gasteiger partial charge in [-0.1, -0.05) is 41.4 Å². The van der Waals surface area contributed by atoms with Crippen molar-refractivity contribution in [3.63, 3.8) is 0 Å². The Morgan fingerprint density at radius 3 is 2.42 bits per heavy atom. The number of amides is 2. The van der Waals surface area contributed by atoms with E-state index < -0.39 is 11.8 Å². The van der Waals surface area contributed by atoms with E-state index in [-0.39, 0.29) is 5.02 Å². The van der Waals surface area contributed by atoms with Gasteiger partial charge in [0.15, 0.2) is 0 Å². The Balaban J connectivity index is 1.99. The summed E-state index contributed by atoms with van der Waals surface area (Å²) in [6.07, 6.45) is 0. The number of fused-ring (bicyclic) bond motifs is 3. The minimum atomic E-state index is -0.421. The third kappa shape index (κ3) is 2.04. The van der Waals surface area contributed by atoms with Gasteiger partial charge in [0.1, 0.15) is 0 Å². The molecule has 118 valence electrons. The van der Waals surface area contributed by atoms with Crippen LogP contribution in [-0.2, 0) is 0 Å². The second-order valence-electron chi connectivity index (χ2n) is 5.51. The van der Waals surface area contributed by atoms with Crippen LogP contribution in [0.2, 0.25) is 10.0 Å². The zero-order valence-electron chi connectivity index (χ0n) is 12.5. The average Bonchev–Trinajstić information content (AvgIpc) is 2.80. The number of hydrogen-bond donors (Lipinski definition) is 0. The Morgan fingerprint density at radius 1 is 0.958 bits per heavy atom. The fourth-order valence-corrected chi connectivity index (χ4v) is 3.51. The average molecular weight is 357 g/mol. The molecule has 1 aliphatic heterocycles. The van der Waals surface area contributed by atoms with E-state index in [0.29, 0.717) is 38.4 Å². The Labute approximate surface area is 147 Å². The lowest BCUT2D eigenvalue weighted by Gasteiger charge is -2.15. The monoisotopic (exact) mass is 356 g/mol. The number of para-hydroxylation sites is 1. The highest BCUT2D eigenvalue weighted by Gasteiger charge is 2.40. The van der Waals surface area contributed by atoms with Crippen LogP contribution in [0.5, 0.6) is 0 Å². The summed E-state index contributed by atoms with van der Waals surface area (Å²) in [6.45, 7) is 1.73. The lowest BCUT2D eigenvalue weighted by molar-refractivity contribution is 0.0926. The normalized spacial score (nSPS) is 13.7. The molecule has 3 aromatic rings. The Kier molecular flexibility index (Phi) is 3.34. The topological polar surface area (TPSA) is 50.3 Å². The molecular formula is C18H10Cl2N2O2. The quantitative estimate of drug-likeness (QED) is 0.596. The van der Waals surface area contributed by atoms with Crippen LogP contribution in [0.4, 0.5) is 5.69 Å².